The number of methoxy groups -OCH3 is 1. The Morgan fingerprint density at radius 1 is 1.21 bits per heavy atom. The van der Waals surface area contributed by atoms with Gasteiger partial charge >= 0.3 is 5.97 Å². The third-order valence-electron chi connectivity index (χ3n) is 3.31. The molecule has 0 aliphatic carbocycles. The largest absolute Gasteiger partial charge is 0.495 e. The van der Waals surface area contributed by atoms with Gasteiger partial charge in [0.1, 0.15) is 12.3 Å². The second-order valence-corrected chi connectivity index (χ2v) is 7.31. The molecule has 0 saturated heterocycles. The molecule has 0 fully saturated rings. The first kappa shape index (κ1) is 18.1. The van der Waals surface area contributed by atoms with E-state index in [4.69, 9.17) is 21.4 Å². The highest BCUT2D eigenvalue weighted by Gasteiger charge is 2.27. The van der Waals surface area contributed by atoms with Crippen molar-refractivity contribution in [1.29, 1.82) is 0 Å². The standard InChI is InChI=1S/C16H16ClNO5S/c1-11-3-5-12(6-4-11)18(10-16(19)20)24(21,22)13-7-8-15(23-2)14(17)9-13/h3-9H,10H2,1-2H3,(H,19,20). The van der Waals surface area contributed by atoms with Gasteiger partial charge in [0.2, 0.25) is 0 Å². The number of aliphatic carboxylic acids is 1. The maximum atomic E-state index is 12.9. The summed E-state index contributed by atoms with van der Waals surface area (Å²) < 4.78 is 31.6. The molecule has 2 rings (SSSR count). The van der Waals surface area contributed by atoms with Gasteiger partial charge in [-0.05, 0) is 37.3 Å². The summed E-state index contributed by atoms with van der Waals surface area (Å²) in [7, 11) is -2.68. The van der Waals surface area contributed by atoms with Crippen molar-refractivity contribution in [3.63, 3.8) is 0 Å². The van der Waals surface area contributed by atoms with Crippen molar-refractivity contribution < 1.29 is 23.1 Å². The summed E-state index contributed by atoms with van der Waals surface area (Å²) in [5.41, 5.74) is 1.19. The molecule has 0 aliphatic rings. The molecule has 0 spiro atoms. The Morgan fingerprint density at radius 3 is 2.33 bits per heavy atom. The lowest BCUT2D eigenvalue weighted by atomic mass is 10.2. The highest BCUT2D eigenvalue weighted by molar-refractivity contribution is 7.92. The Bertz CT molecular complexity index is 849. The van der Waals surface area contributed by atoms with Crippen LogP contribution in [0.4, 0.5) is 5.69 Å². The van der Waals surface area contributed by atoms with Crippen molar-refractivity contribution in [3.8, 4) is 5.75 Å². The van der Waals surface area contributed by atoms with Crippen molar-refractivity contribution in [1.82, 2.24) is 0 Å². The van der Waals surface area contributed by atoms with Gasteiger partial charge in [0.25, 0.3) is 10.0 Å². The summed E-state index contributed by atoms with van der Waals surface area (Å²) in [5.74, 6) is -0.936. The maximum absolute atomic E-state index is 12.9. The van der Waals surface area contributed by atoms with E-state index in [0.29, 0.717) is 5.75 Å². The molecule has 0 unspecified atom stereocenters. The molecule has 24 heavy (non-hydrogen) atoms. The highest BCUT2D eigenvalue weighted by atomic mass is 35.5. The SMILES string of the molecule is COc1ccc(S(=O)(=O)N(CC(=O)O)c2ccc(C)cc2)cc1Cl. The molecule has 0 aliphatic heterocycles. The molecule has 0 bridgehead atoms. The van der Waals surface area contributed by atoms with Crippen molar-refractivity contribution >= 4 is 33.3 Å². The average molecular weight is 370 g/mol. The molecule has 0 radical (unpaired) electrons. The van der Waals surface area contributed by atoms with Crippen LogP contribution < -0.4 is 9.04 Å². The van der Waals surface area contributed by atoms with Crippen molar-refractivity contribution in [2.45, 2.75) is 11.8 Å². The number of carbonyl (C=O) groups is 1. The van der Waals surface area contributed by atoms with Gasteiger partial charge in [0.05, 0.1) is 22.7 Å². The maximum Gasteiger partial charge on any atom is 0.324 e. The van der Waals surface area contributed by atoms with E-state index in [0.717, 1.165) is 9.87 Å². The molecule has 6 nitrogen and oxygen atoms in total. The summed E-state index contributed by atoms with van der Waals surface area (Å²) >= 11 is 5.99. The average Bonchev–Trinajstić information content (AvgIpc) is 2.53. The van der Waals surface area contributed by atoms with Crippen molar-refractivity contribution in [2.75, 3.05) is 18.0 Å². The number of rotatable bonds is 6. The number of sulfonamides is 1. The molecule has 0 atom stereocenters. The Balaban J connectivity index is 2.53. The highest BCUT2D eigenvalue weighted by Crippen LogP contribution is 2.30. The van der Waals surface area contributed by atoms with E-state index in [2.05, 4.69) is 0 Å². The number of hydrogen-bond donors (Lipinski definition) is 1. The summed E-state index contributed by atoms with van der Waals surface area (Å²) in [6, 6.07) is 10.5. The van der Waals surface area contributed by atoms with E-state index in [1.165, 1.54) is 25.3 Å². The van der Waals surface area contributed by atoms with Gasteiger partial charge in [-0.25, -0.2) is 8.42 Å². The van der Waals surface area contributed by atoms with E-state index in [1.807, 2.05) is 6.92 Å². The molecule has 1 N–H and O–H groups in total. The first-order valence-corrected chi connectivity index (χ1v) is 8.72. The predicted molar refractivity (Wildman–Crippen MR) is 91.4 cm³/mol. The van der Waals surface area contributed by atoms with Crippen LogP contribution in [0.5, 0.6) is 5.75 Å². The number of hydrogen-bond acceptors (Lipinski definition) is 4. The molecule has 2 aromatic carbocycles. The summed E-state index contributed by atoms with van der Waals surface area (Å²) in [4.78, 5) is 11.0. The smallest absolute Gasteiger partial charge is 0.324 e. The zero-order valence-electron chi connectivity index (χ0n) is 13.1. The molecule has 128 valence electrons. The van der Waals surface area contributed by atoms with E-state index >= 15 is 0 Å². The normalized spacial score (nSPS) is 11.1. The third kappa shape index (κ3) is 3.80. The van der Waals surface area contributed by atoms with Gasteiger partial charge in [-0.1, -0.05) is 29.3 Å². The van der Waals surface area contributed by atoms with E-state index in [1.54, 1.807) is 24.3 Å². The second-order valence-electron chi connectivity index (χ2n) is 5.04. The van der Waals surface area contributed by atoms with Crippen LogP contribution in [0, 0.1) is 6.92 Å². The third-order valence-corrected chi connectivity index (χ3v) is 5.38. The molecule has 0 aromatic heterocycles. The van der Waals surface area contributed by atoms with Crippen LogP contribution >= 0.6 is 11.6 Å². The molecular weight excluding hydrogens is 354 g/mol. The fraction of sp³-hybridized carbons (Fsp3) is 0.188. The molecule has 2 aromatic rings. The van der Waals surface area contributed by atoms with E-state index < -0.39 is 22.5 Å². The fourth-order valence-corrected chi connectivity index (χ4v) is 3.85. The monoisotopic (exact) mass is 369 g/mol. The Hall–Kier alpha value is -2.25. The Labute approximate surface area is 145 Å². The van der Waals surface area contributed by atoms with Crippen LogP contribution in [0.1, 0.15) is 5.56 Å². The van der Waals surface area contributed by atoms with Crippen molar-refractivity contribution in [2.24, 2.45) is 0 Å². The quantitative estimate of drug-likeness (QED) is 0.846. The number of nitrogens with zero attached hydrogens (tertiary/aromatic N) is 1. The number of aryl methyl sites for hydroxylation is 1. The van der Waals surface area contributed by atoms with E-state index in [9.17, 15) is 13.2 Å². The number of benzene rings is 2. The molecule has 8 heteroatoms. The van der Waals surface area contributed by atoms with Crippen LogP contribution in [-0.2, 0) is 14.8 Å². The number of anilines is 1. The number of carboxylic acids is 1. The molecule has 0 saturated carbocycles. The fourth-order valence-electron chi connectivity index (χ4n) is 2.08. The minimum atomic E-state index is -4.10. The molecule has 0 heterocycles. The van der Waals surface area contributed by atoms with E-state index in [-0.39, 0.29) is 15.6 Å². The van der Waals surface area contributed by atoms with Gasteiger partial charge in [-0.3, -0.25) is 9.10 Å². The van der Waals surface area contributed by atoms with Crippen molar-refractivity contribution in [3.05, 3.63) is 53.1 Å². The van der Waals surface area contributed by atoms with Gasteiger partial charge in [0.15, 0.2) is 0 Å². The topological polar surface area (TPSA) is 83.9 Å². The number of halogens is 1. The molecule has 0 amide bonds. The van der Waals surface area contributed by atoms with Gasteiger partial charge in [-0.15, -0.1) is 0 Å². The predicted octanol–water partition coefficient (Wildman–Crippen LogP) is 2.94. The van der Waals surface area contributed by atoms with Crippen LogP contribution in [-0.4, -0.2) is 33.1 Å². The van der Waals surface area contributed by atoms with Gasteiger partial charge in [-0.2, -0.15) is 0 Å². The lowest BCUT2D eigenvalue weighted by Crippen LogP contribution is -2.35. The lowest BCUT2D eigenvalue weighted by Gasteiger charge is -2.23. The minimum absolute atomic E-state index is 0.116. The molecular formula is C16H16ClNO5S. The Morgan fingerprint density at radius 2 is 1.83 bits per heavy atom. The van der Waals surface area contributed by atoms with Gasteiger partial charge < -0.3 is 9.84 Å². The van der Waals surface area contributed by atoms with Crippen LogP contribution in [0.25, 0.3) is 0 Å². The lowest BCUT2D eigenvalue weighted by molar-refractivity contribution is -0.135. The minimum Gasteiger partial charge on any atom is -0.495 e. The van der Waals surface area contributed by atoms with Crippen LogP contribution in [0.15, 0.2) is 47.4 Å². The zero-order valence-corrected chi connectivity index (χ0v) is 14.6. The van der Waals surface area contributed by atoms with Crippen LogP contribution in [0.2, 0.25) is 5.02 Å². The summed E-state index contributed by atoms with van der Waals surface area (Å²) in [6.45, 7) is 1.15. The van der Waals surface area contributed by atoms with Crippen LogP contribution in [0.3, 0.4) is 0 Å². The zero-order chi connectivity index (χ0) is 17.9. The second kappa shape index (κ2) is 7.11. The summed E-state index contributed by atoms with van der Waals surface area (Å²) in [5, 5.41) is 9.22. The first-order valence-electron chi connectivity index (χ1n) is 6.90. The first-order chi connectivity index (χ1) is 11.3. The number of ether oxygens (including phenoxy) is 1. The Kier molecular flexibility index (Phi) is 5.36. The number of carboxylic acid groups (broad SMARTS) is 1. The summed E-state index contributed by atoms with van der Waals surface area (Å²) in [6.07, 6.45) is 0. The van der Waals surface area contributed by atoms with Gasteiger partial charge in [0, 0.05) is 0 Å².